The van der Waals surface area contributed by atoms with Crippen LogP contribution in [-0.2, 0) is 29.7 Å². The van der Waals surface area contributed by atoms with E-state index in [0.717, 1.165) is 56.3 Å². The predicted molar refractivity (Wildman–Crippen MR) is 125 cm³/mol. The minimum atomic E-state index is 0.0622. The molecular formula is C24H37N5O2. The lowest BCUT2D eigenvalue weighted by molar-refractivity contribution is -0.116. The van der Waals surface area contributed by atoms with E-state index in [4.69, 9.17) is 9.84 Å². The van der Waals surface area contributed by atoms with Gasteiger partial charge in [0.2, 0.25) is 5.91 Å². The molecule has 3 rings (SSSR count). The van der Waals surface area contributed by atoms with Crippen LogP contribution in [0.5, 0.6) is 0 Å². The molecule has 7 nitrogen and oxygen atoms in total. The normalized spacial score (nSPS) is 14.5. The number of morpholine rings is 1. The first kappa shape index (κ1) is 23.3. The molecule has 1 aliphatic rings. The molecule has 2 heterocycles. The maximum atomic E-state index is 12.1. The van der Waals surface area contributed by atoms with Gasteiger partial charge >= 0.3 is 0 Å². The van der Waals surface area contributed by atoms with Crippen molar-refractivity contribution in [1.82, 2.24) is 15.1 Å². The second-order valence-electron chi connectivity index (χ2n) is 9.02. The van der Waals surface area contributed by atoms with Gasteiger partial charge in [0.25, 0.3) is 0 Å². The fourth-order valence-electron chi connectivity index (χ4n) is 4.06. The summed E-state index contributed by atoms with van der Waals surface area (Å²) >= 11 is 0. The molecule has 1 aliphatic heterocycles. The molecule has 0 unspecified atom stereocenters. The third-order valence-corrected chi connectivity index (χ3v) is 5.44. The molecule has 0 spiro atoms. The minimum Gasteiger partial charge on any atom is -0.378 e. The summed E-state index contributed by atoms with van der Waals surface area (Å²) in [5.74, 6) is 1.96. The van der Waals surface area contributed by atoms with Crippen molar-refractivity contribution in [1.29, 1.82) is 0 Å². The van der Waals surface area contributed by atoms with Gasteiger partial charge in [0, 0.05) is 50.9 Å². The monoisotopic (exact) mass is 427 g/mol. The van der Waals surface area contributed by atoms with Gasteiger partial charge in [-0.1, -0.05) is 39.8 Å². The van der Waals surface area contributed by atoms with Crippen molar-refractivity contribution in [3.8, 4) is 0 Å². The first-order valence-electron chi connectivity index (χ1n) is 11.3. The van der Waals surface area contributed by atoms with Crippen molar-refractivity contribution in [3.05, 3.63) is 41.1 Å². The van der Waals surface area contributed by atoms with E-state index in [1.165, 1.54) is 11.4 Å². The fourth-order valence-corrected chi connectivity index (χ4v) is 4.06. The molecule has 7 heteroatoms. The van der Waals surface area contributed by atoms with Gasteiger partial charge < -0.3 is 20.3 Å². The van der Waals surface area contributed by atoms with E-state index < -0.39 is 0 Å². The SMILES string of the molecule is CC(C)CC(=O)Nc1cccc(CNCc2c(C(C)C)nn(C)c2N2CCOCC2)c1. The van der Waals surface area contributed by atoms with E-state index in [1.807, 2.05) is 29.9 Å². The van der Waals surface area contributed by atoms with Crippen LogP contribution in [0.3, 0.4) is 0 Å². The highest BCUT2D eigenvalue weighted by Gasteiger charge is 2.24. The minimum absolute atomic E-state index is 0.0622. The standard InChI is InChI=1S/C24H37N5O2/c1-17(2)13-22(30)26-20-8-6-7-19(14-20)15-25-16-21-23(18(3)4)27-28(5)24(21)29-9-11-31-12-10-29/h6-8,14,17-18,25H,9-13,15-16H2,1-5H3,(H,26,30). The average molecular weight is 428 g/mol. The van der Waals surface area contributed by atoms with Crippen molar-refractivity contribution in [3.63, 3.8) is 0 Å². The number of nitrogens with zero attached hydrogens (tertiary/aromatic N) is 3. The molecule has 0 aliphatic carbocycles. The van der Waals surface area contributed by atoms with Gasteiger partial charge in [0.1, 0.15) is 5.82 Å². The molecule has 1 aromatic heterocycles. The molecule has 1 fully saturated rings. The second-order valence-corrected chi connectivity index (χ2v) is 9.02. The third kappa shape index (κ3) is 6.31. The summed E-state index contributed by atoms with van der Waals surface area (Å²) in [4.78, 5) is 14.5. The number of carbonyl (C=O) groups excluding carboxylic acids is 1. The summed E-state index contributed by atoms with van der Waals surface area (Å²) in [6.07, 6.45) is 0.534. The van der Waals surface area contributed by atoms with E-state index in [2.05, 4.69) is 49.3 Å². The molecule has 0 radical (unpaired) electrons. The highest BCUT2D eigenvalue weighted by Crippen LogP contribution is 2.29. The van der Waals surface area contributed by atoms with Crippen LogP contribution in [0.25, 0.3) is 0 Å². The van der Waals surface area contributed by atoms with Crippen molar-refractivity contribution >= 4 is 17.4 Å². The quantitative estimate of drug-likeness (QED) is 0.639. The summed E-state index contributed by atoms with van der Waals surface area (Å²) in [6.45, 7) is 13.3. The number of hydrogen-bond acceptors (Lipinski definition) is 5. The zero-order valence-electron chi connectivity index (χ0n) is 19.6. The molecular weight excluding hydrogens is 390 g/mol. The summed E-state index contributed by atoms with van der Waals surface area (Å²) in [5, 5.41) is 11.4. The van der Waals surface area contributed by atoms with E-state index in [9.17, 15) is 4.79 Å². The number of aryl methyl sites for hydroxylation is 1. The van der Waals surface area contributed by atoms with Gasteiger partial charge in [0.15, 0.2) is 0 Å². The maximum absolute atomic E-state index is 12.1. The average Bonchev–Trinajstić information content (AvgIpc) is 3.05. The zero-order valence-corrected chi connectivity index (χ0v) is 19.6. The molecule has 2 aromatic rings. The zero-order chi connectivity index (χ0) is 22.4. The van der Waals surface area contributed by atoms with Gasteiger partial charge in [-0.3, -0.25) is 9.48 Å². The predicted octanol–water partition coefficient (Wildman–Crippen LogP) is 3.65. The van der Waals surface area contributed by atoms with E-state index in [-0.39, 0.29) is 5.91 Å². The van der Waals surface area contributed by atoms with Crippen LogP contribution < -0.4 is 15.5 Å². The van der Waals surface area contributed by atoms with Gasteiger partial charge in [-0.25, -0.2) is 0 Å². The van der Waals surface area contributed by atoms with Crippen LogP contribution in [0.1, 0.15) is 56.9 Å². The Balaban J connectivity index is 1.67. The number of anilines is 2. The topological polar surface area (TPSA) is 71.4 Å². The number of rotatable bonds is 9. The summed E-state index contributed by atoms with van der Waals surface area (Å²) in [6, 6.07) is 8.06. The van der Waals surface area contributed by atoms with Crippen LogP contribution in [0.4, 0.5) is 11.5 Å². The molecule has 2 N–H and O–H groups in total. The van der Waals surface area contributed by atoms with Gasteiger partial charge in [-0.05, 0) is 29.5 Å². The van der Waals surface area contributed by atoms with E-state index >= 15 is 0 Å². The lowest BCUT2D eigenvalue weighted by Crippen LogP contribution is -2.38. The smallest absolute Gasteiger partial charge is 0.224 e. The molecule has 31 heavy (non-hydrogen) atoms. The van der Waals surface area contributed by atoms with E-state index in [1.54, 1.807) is 0 Å². The van der Waals surface area contributed by atoms with Crippen LogP contribution in [0.2, 0.25) is 0 Å². The molecule has 1 saturated heterocycles. The van der Waals surface area contributed by atoms with Crippen molar-refractivity contribution < 1.29 is 9.53 Å². The molecule has 1 amide bonds. The Bertz CT molecular complexity index is 869. The summed E-state index contributed by atoms with van der Waals surface area (Å²) < 4.78 is 7.55. The number of carbonyl (C=O) groups is 1. The lowest BCUT2D eigenvalue weighted by Gasteiger charge is -2.29. The Morgan fingerprint density at radius 3 is 2.58 bits per heavy atom. The first-order valence-corrected chi connectivity index (χ1v) is 11.3. The van der Waals surface area contributed by atoms with Crippen LogP contribution in [0, 0.1) is 5.92 Å². The Morgan fingerprint density at radius 2 is 1.90 bits per heavy atom. The number of ether oxygens (including phenoxy) is 1. The third-order valence-electron chi connectivity index (χ3n) is 5.44. The number of benzene rings is 1. The Kier molecular flexibility index (Phi) is 8.09. The number of aromatic nitrogens is 2. The highest BCUT2D eigenvalue weighted by atomic mass is 16.5. The van der Waals surface area contributed by atoms with Gasteiger partial charge in [-0.2, -0.15) is 5.10 Å². The van der Waals surface area contributed by atoms with Crippen molar-refractivity contribution in [2.75, 3.05) is 36.5 Å². The van der Waals surface area contributed by atoms with E-state index in [0.29, 0.717) is 18.3 Å². The molecule has 1 aromatic carbocycles. The molecule has 0 bridgehead atoms. The Morgan fingerprint density at radius 1 is 1.16 bits per heavy atom. The Hall–Kier alpha value is -2.38. The lowest BCUT2D eigenvalue weighted by atomic mass is 10.0. The molecule has 170 valence electrons. The summed E-state index contributed by atoms with van der Waals surface area (Å²) in [7, 11) is 2.03. The Labute approximate surface area is 186 Å². The molecule has 0 atom stereocenters. The van der Waals surface area contributed by atoms with Gasteiger partial charge in [0.05, 0.1) is 18.9 Å². The fraction of sp³-hybridized carbons (Fsp3) is 0.583. The first-order chi connectivity index (χ1) is 14.8. The van der Waals surface area contributed by atoms with Gasteiger partial charge in [-0.15, -0.1) is 0 Å². The van der Waals surface area contributed by atoms with Crippen molar-refractivity contribution in [2.24, 2.45) is 13.0 Å². The van der Waals surface area contributed by atoms with Crippen molar-refractivity contribution in [2.45, 2.75) is 53.1 Å². The maximum Gasteiger partial charge on any atom is 0.224 e. The molecule has 0 saturated carbocycles. The number of nitrogens with one attached hydrogen (secondary N) is 2. The van der Waals surface area contributed by atoms with Crippen LogP contribution >= 0.6 is 0 Å². The summed E-state index contributed by atoms with van der Waals surface area (Å²) in [5.41, 5.74) is 4.40. The number of amides is 1. The second kappa shape index (κ2) is 10.8. The van der Waals surface area contributed by atoms with Crippen LogP contribution in [0.15, 0.2) is 24.3 Å². The van der Waals surface area contributed by atoms with Crippen LogP contribution in [-0.4, -0.2) is 42.0 Å². The number of hydrogen-bond donors (Lipinski definition) is 2. The largest absolute Gasteiger partial charge is 0.378 e. The highest BCUT2D eigenvalue weighted by molar-refractivity contribution is 5.90.